The quantitative estimate of drug-likeness (QED) is 0.802. The maximum absolute atomic E-state index is 5.84. The zero-order chi connectivity index (χ0) is 12.8. The molecule has 0 saturated heterocycles. The zero-order valence-corrected chi connectivity index (χ0v) is 13.3. The maximum Gasteiger partial charge on any atom is 0.183 e. The van der Waals surface area contributed by atoms with Gasteiger partial charge in [0.15, 0.2) is 4.67 Å². The number of ether oxygens (including phenoxy) is 1. The third kappa shape index (κ3) is 4.06. The lowest BCUT2D eigenvalue weighted by molar-refractivity contribution is 0.117. The minimum absolute atomic E-state index is 0.0812. The zero-order valence-electron chi connectivity index (χ0n) is 10.1. The average Bonchev–Trinajstić information content (AvgIpc) is 2.64. The smallest absolute Gasteiger partial charge is 0.183 e. The highest BCUT2D eigenvalue weighted by Crippen LogP contribution is 2.31. The second-order valence-electron chi connectivity index (χ2n) is 3.64. The van der Waals surface area contributed by atoms with Gasteiger partial charge in [-0.15, -0.1) is 0 Å². The van der Waals surface area contributed by atoms with Crippen LogP contribution in [0.25, 0.3) is 0 Å². The third-order valence-electron chi connectivity index (χ3n) is 2.65. The molecule has 0 saturated carbocycles. The standard InChI is InChI=1S/C11H18Br2N2O2/c1-3-15(4-5-16-2)9(7-14)10-6-8(12)11(13)17-10/h6,9H,3-5,7,14H2,1-2H3. The molecule has 1 aromatic rings. The normalized spacial score (nSPS) is 13.3. The molecular weight excluding hydrogens is 352 g/mol. The van der Waals surface area contributed by atoms with Gasteiger partial charge in [0, 0.05) is 20.2 Å². The van der Waals surface area contributed by atoms with E-state index in [0.717, 1.165) is 23.3 Å². The van der Waals surface area contributed by atoms with Gasteiger partial charge >= 0.3 is 0 Å². The number of nitrogens with zero attached hydrogens (tertiary/aromatic N) is 1. The van der Waals surface area contributed by atoms with Crippen LogP contribution in [0.15, 0.2) is 19.6 Å². The summed E-state index contributed by atoms with van der Waals surface area (Å²) in [6.07, 6.45) is 0. The highest BCUT2D eigenvalue weighted by Gasteiger charge is 2.22. The fourth-order valence-electron chi connectivity index (χ4n) is 1.72. The Kier molecular flexibility index (Phi) is 6.72. The molecule has 1 rings (SSSR count). The molecule has 1 aromatic heterocycles. The Labute approximate surface area is 119 Å². The molecule has 6 heteroatoms. The molecule has 0 radical (unpaired) electrons. The van der Waals surface area contributed by atoms with Crippen molar-refractivity contribution in [2.75, 3.05) is 33.4 Å². The highest BCUT2D eigenvalue weighted by atomic mass is 79.9. The molecule has 1 unspecified atom stereocenters. The van der Waals surface area contributed by atoms with Crippen LogP contribution in [-0.4, -0.2) is 38.3 Å². The number of furan rings is 1. The summed E-state index contributed by atoms with van der Waals surface area (Å²) in [5, 5.41) is 0. The first kappa shape index (κ1) is 15.2. The molecule has 1 heterocycles. The maximum atomic E-state index is 5.84. The van der Waals surface area contributed by atoms with Crippen molar-refractivity contribution in [3.63, 3.8) is 0 Å². The molecule has 98 valence electrons. The number of hydrogen-bond acceptors (Lipinski definition) is 4. The fraction of sp³-hybridized carbons (Fsp3) is 0.636. The Morgan fingerprint density at radius 2 is 2.24 bits per heavy atom. The summed E-state index contributed by atoms with van der Waals surface area (Å²) in [6.45, 7) is 5.05. The Balaban J connectivity index is 2.80. The first-order chi connectivity index (χ1) is 8.13. The largest absolute Gasteiger partial charge is 0.451 e. The molecule has 0 aliphatic heterocycles. The Morgan fingerprint density at radius 3 is 2.65 bits per heavy atom. The van der Waals surface area contributed by atoms with Gasteiger partial charge in [-0.1, -0.05) is 6.92 Å². The predicted octanol–water partition coefficient (Wildman–Crippen LogP) is 2.77. The summed E-state index contributed by atoms with van der Waals surface area (Å²) in [6, 6.07) is 2.04. The highest BCUT2D eigenvalue weighted by molar-refractivity contribution is 9.13. The van der Waals surface area contributed by atoms with Gasteiger partial charge in [-0.05, 0) is 44.5 Å². The Bertz CT molecular complexity index is 325. The van der Waals surface area contributed by atoms with E-state index in [1.807, 2.05) is 6.07 Å². The van der Waals surface area contributed by atoms with Crippen LogP contribution in [0.5, 0.6) is 0 Å². The number of rotatable bonds is 7. The average molecular weight is 370 g/mol. The third-order valence-corrected chi connectivity index (χ3v) is 4.36. The van der Waals surface area contributed by atoms with Crippen LogP contribution in [0.2, 0.25) is 0 Å². The molecule has 0 bridgehead atoms. The molecule has 0 fully saturated rings. The van der Waals surface area contributed by atoms with Crippen molar-refractivity contribution < 1.29 is 9.15 Å². The van der Waals surface area contributed by atoms with Crippen LogP contribution in [0, 0.1) is 0 Å². The number of hydrogen-bond donors (Lipinski definition) is 1. The van der Waals surface area contributed by atoms with E-state index >= 15 is 0 Å². The molecule has 0 aliphatic carbocycles. The summed E-state index contributed by atoms with van der Waals surface area (Å²) in [5.74, 6) is 0.865. The van der Waals surface area contributed by atoms with Crippen molar-refractivity contribution in [3.8, 4) is 0 Å². The monoisotopic (exact) mass is 368 g/mol. The number of methoxy groups -OCH3 is 1. The van der Waals surface area contributed by atoms with Crippen LogP contribution >= 0.6 is 31.9 Å². The molecule has 0 amide bonds. The molecule has 2 N–H and O–H groups in total. The molecule has 0 aromatic carbocycles. The molecule has 17 heavy (non-hydrogen) atoms. The van der Waals surface area contributed by atoms with Crippen molar-refractivity contribution in [1.29, 1.82) is 0 Å². The van der Waals surface area contributed by atoms with E-state index in [1.165, 1.54) is 0 Å². The van der Waals surface area contributed by atoms with E-state index in [1.54, 1.807) is 7.11 Å². The van der Waals surface area contributed by atoms with Crippen molar-refractivity contribution in [2.24, 2.45) is 5.73 Å². The summed E-state index contributed by atoms with van der Waals surface area (Å²) < 4.78 is 12.4. The summed E-state index contributed by atoms with van der Waals surface area (Å²) >= 11 is 6.75. The van der Waals surface area contributed by atoms with Crippen molar-refractivity contribution >= 4 is 31.9 Å². The molecule has 4 nitrogen and oxygen atoms in total. The van der Waals surface area contributed by atoms with E-state index in [9.17, 15) is 0 Å². The number of halogens is 2. The number of likely N-dealkylation sites (N-methyl/N-ethyl adjacent to an activating group) is 1. The van der Waals surface area contributed by atoms with E-state index in [0.29, 0.717) is 17.8 Å². The summed E-state index contributed by atoms with van der Waals surface area (Å²) in [7, 11) is 1.70. The first-order valence-electron chi connectivity index (χ1n) is 5.51. The van der Waals surface area contributed by atoms with Crippen molar-refractivity contribution in [2.45, 2.75) is 13.0 Å². The fourth-order valence-corrected chi connectivity index (χ4v) is 2.32. The summed E-state index contributed by atoms with van der Waals surface area (Å²) in [5.41, 5.74) is 5.84. The van der Waals surface area contributed by atoms with Crippen molar-refractivity contribution in [3.05, 3.63) is 21.0 Å². The van der Waals surface area contributed by atoms with Crippen LogP contribution in [0.1, 0.15) is 18.7 Å². The van der Waals surface area contributed by atoms with E-state index in [2.05, 4.69) is 43.7 Å². The van der Waals surface area contributed by atoms with Crippen LogP contribution in [0.3, 0.4) is 0 Å². The topological polar surface area (TPSA) is 51.6 Å². The van der Waals surface area contributed by atoms with Crippen molar-refractivity contribution in [1.82, 2.24) is 4.90 Å². The molecule has 0 spiro atoms. The van der Waals surface area contributed by atoms with Gasteiger partial charge in [-0.3, -0.25) is 4.90 Å². The summed E-state index contributed by atoms with van der Waals surface area (Å²) in [4.78, 5) is 2.24. The minimum Gasteiger partial charge on any atom is -0.451 e. The van der Waals surface area contributed by atoms with Gasteiger partial charge in [0.05, 0.1) is 17.1 Å². The Hall–Kier alpha value is 0.120. The molecule has 0 aliphatic rings. The molecular formula is C11H18Br2N2O2. The van der Waals surface area contributed by atoms with E-state index in [4.69, 9.17) is 14.9 Å². The van der Waals surface area contributed by atoms with Crippen LogP contribution in [0.4, 0.5) is 0 Å². The van der Waals surface area contributed by atoms with Gasteiger partial charge in [0.1, 0.15) is 5.76 Å². The van der Waals surface area contributed by atoms with Gasteiger partial charge in [-0.25, -0.2) is 0 Å². The van der Waals surface area contributed by atoms with Gasteiger partial charge in [-0.2, -0.15) is 0 Å². The van der Waals surface area contributed by atoms with Crippen LogP contribution in [-0.2, 0) is 4.74 Å². The lowest BCUT2D eigenvalue weighted by Gasteiger charge is -2.27. The lowest BCUT2D eigenvalue weighted by Crippen LogP contribution is -2.35. The Morgan fingerprint density at radius 1 is 1.53 bits per heavy atom. The molecule has 1 atom stereocenters. The SMILES string of the molecule is CCN(CCOC)C(CN)c1cc(Br)c(Br)o1. The lowest BCUT2D eigenvalue weighted by atomic mass is 10.2. The van der Waals surface area contributed by atoms with Gasteiger partial charge in [0.25, 0.3) is 0 Å². The van der Waals surface area contributed by atoms with Crippen LogP contribution < -0.4 is 5.73 Å². The first-order valence-corrected chi connectivity index (χ1v) is 7.10. The number of nitrogens with two attached hydrogens (primary N) is 1. The van der Waals surface area contributed by atoms with E-state index in [-0.39, 0.29) is 6.04 Å². The second kappa shape index (κ2) is 7.53. The minimum atomic E-state index is 0.0812. The predicted molar refractivity (Wildman–Crippen MR) is 75.0 cm³/mol. The van der Waals surface area contributed by atoms with Gasteiger partial charge < -0.3 is 14.9 Å². The second-order valence-corrected chi connectivity index (χ2v) is 5.22. The van der Waals surface area contributed by atoms with E-state index < -0.39 is 0 Å². The van der Waals surface area contributed by atoms with Gasteiger partial charge in [0.2, 0.25) is 0 Å².